The Bertz CT molecular complexity index is 155. The maximum Gasteiger partial charge on any atom is 0.0594 e. The third kappa shape index (κ3) is 3.56. The predicted molar refractivity (Wildman–Crippen MR) is 59.6 cm³/mol. The minimum Gasteiger partial charge on any atom is -0.379 e. The summed E-state index contributed by atoms with van der Waals surface area (Å²) < 4.78 is 5.35. The van der Waals surface area contributed by atoms with Gasteiger partial charge in [-0.15, -0.1) is 0 Å². The van der Waals surface area contributed by atoms with E-state index in [1.165, 1.54) is 0 Å². The maximum atomic E-state index is 5.35. The van der Waals surface area contributed by atoms with Crippen molar-refractivity contribution in [3.05, 3.63) is 0 Å². The van der Waals surface area contributed by atoms with E-state index in [2.05, 4.69) is 37.6 Å². The zero-order valence-corrected chi connectivity index (χ0v) is 9.99. The molecule has 0 aliphatic carbocycles. The van der Waals surface area contributed by atoms with Crippen molar-refractivity contribution in [1.82, 2.24) is 9.80 Å². The molecule has 0 aromatic carbocycles. The number of ether oxygens (including phenoxy) is 1. The fourth-order valence-electron chi connectivity index (χ4n) is 1.76. The number of rotatable bonds is 4. The van der Waals surface area contributed by atoms with E-state index in [0.29, 0.717) is 12.1 Å². The lowest BCUT2D eigenvalue weighted by Gasteiger charge is -2.35. The second kappa shape index (κ2) is 5.69. The van der Waals surface area contributed by atoms with Gasteiger partial charge >= 0.3 is 0 Å². The molecule has 84 valence electrons. The summed E-state index contributed by atoms with van der Waals surface area (Å²) in [4.78, 5) is 4.92. The molecular weight excluding hydrogens is 176 g/mol. The summed E-state index contributed by atoms with van der Waals surface area (Å²) in [5.74, 6) is 0. The minimum atomic E-state index is 0.637. The molecule has 0 saturated carbocycles. The van der Waals surface area contributed by atoms with Crippen molar-refractivity contribution in [2.24, 2.45) is 0 Å². The Kier molecular flexibility index (Phi) is 4.85. The summed E-state index contributed by atoms with van der Waals surface area (Å²) in [6.07, 6.45) is 0. The summed E-state index contributed by atoms with van der Waals surface area (Å²) in [7, 11) is 2.20. The van der Waals surface area contributed by atoms with Crippen molar-refractivity contribution >= 4 is 0 Å². The smallest absolute Gasteiger partial charge is 0.0594 e. The molecule has 0 bridgehead atoms. The van der Waals surface area contributed by atoms with Crippen LogP contribution in [0.5, 0.6) is 0 Å². The molecule has 3 heteroatoms. The second-order valence-corrected chi connectivity index (χ2v) is 4.53. The molecule has 1 rings (SSSR count). The lowest BCUT2D eigenvalue weighted by molar-refractivity contribution is 0.0124. The van der Waals surface area contributed by atoms with Crippen LogP contribution in [0.3, 0.4) is 0 Å². The third-order valence-electron chi connectivity index (χ3n) is 3.10. The van der Waals surface area contributed by atoms with E-state index in [1.54, 1.807) is 0 Å². The van der Waals surface area contributed by atoms with Crippen molar-refractivity contribution in [3.63, 3.8) is 0 Å². The first-order valence-electron chi connectivity index (χ1n) is 5.63. The van der Waals surface area contributed by atoms with Gasteiger partial charge in [-0.1, -0.05) is 0 Å². The molecule has 3 nitrogen and oxygen atoms in total. The summed E-state index contributed by atoms with van der Waals surface area (Å²) in [5.41, 5.74) is 0. The molecule has 1 saturated heterocycles. The van der Waals surface area contributed by atoms with Gasteiger partial charge in [-0.2, -0.15) is 0 Å². The highest BCUT2D eigenvalue weighted by Crippen LogP contribution is 2.06. The van der Waals surface area contributed by atoms with Gasteiger partial charge in [0.1, 0.15) is 0 Å². The fraction of sp³-hybridized carbons (Fsp3) is 1.00. The minimum absolute atomic E-state index is 0.637. The van der Waals surface area contributed by atoms with Crippen molar-refractivity contribution in [2.75, 3.05) is 39.9 Å². The largest absolute Gasteiger partial charge is 0.379 e. The van der Waals surface area contributed by atoms with Crippen LogP contribution in [0.4, 0.5) is 0 Å². The molecule has 1 aliphatic heterocycles. The second-order valence-electron chi connectivity index (χ2n) is 4.53. The Balaban J connectivity index is 2.28. The number of likely N-dealkylation sites (N-methyl/N-ethyl adjacent to an activating group) is 1. The van der Waals surface area contributed by atoms with E-state index in [4.69, 9.17) is 4.74 Å². The maximum absolute atomic E-state index is 5.35. The van der Waals surface area contributed by atoms with Gasteiger partial charge in [0.15, 0.2) is 0 Å². The van der Waals surface area contributed by atoms with E-state index < -0.39 is 0 Å². The monoisotopic (exact) mass is 200 g/mol. The zero-order chi connectivity index (χ0) is 10.6. The number of morpholine rings is 1. The lowest BCUT2D eigenvalue weighted by Crippen LogP contribution is -2.47. The fourth-order valence-corrected chi connectivity index (χ4v) is 1.76. The topological polar surface area (TPSA) is 15.7 Å². The van der Waals surface area contributed by atoms with Crippen LogP contribution in [0.25, 0.3) is 0 Å². The molecule has 0 N–H and O–H groups in total. The first-order valence-corrected chi connectivity index (χ1v) is 5.63. The van der Waals surface area contributed by atoms with Crippen molar-refractivity contribution in [2.45, 2.75) is 32.9 Å². The quantitative estimate of drug-likeness (QED) is 0.674. The van der Waals surface area contributed by atoms with E-state index in [9.17, 15) is 0 Å². The molecule has 14 heavy (non-hydrogen) atoms. The lowest BCUT2D eigenvalue weighted by atomic mass is 10.2. The molecule has 1 atom stereocenters. The molecule has 0 radical (unpaired) electrons. The number of hydrogen-bond acceptors (Lipinski definition) is 3. The van der Waals surface area contributed by atoms with Crippen molar-refractivity contribution in [1.29, 1.82) is 0 Å². The van der Waals surface area contributed by atoms with Crippen LogP contribution < -0.4 is 0 Å². The first-order chi connectivity index (χ1) is 6.61. The van der Waals surface area contributed by atoms with E-state index >= 15 is 0 Å². The number of hydrogen-bond donors (Lipinski definition) is 0. The highest BCUT2D eigenvalue weighted by Gasteiger charge is 2.18. The predicted octanol–water partition coefficient (Wildman–Crippen LogP) is 1.05. The van der Waals surface area contributed by atoms with Gasteiger partial charge in [-0.25, -0.2) is 0 Å². The average molecular weight is 200 g/mol. The SMILES string of the molecule is CC(C)N(C)CC(C)N1CCOCC1. The molecular formula is C11H24N2O. The van der Waals surface area contributed by atoms with E-state index in [-0.39, 0.29) is 0 Å². The molecule has 0 aromatic rings. The highest BCUT2D eigenvalue weighted by molar-refractivity contribution is 4.73. The van der Waals surface area contributed by atoms with Crippen LogP contribution in [-0.2, 0) is 4.74 Å². The van der Waals surface area contributed by atoms with Crippen molar-refractivity contribution in [3.8, 4) is 0 Å². The van der Waals surface area contributed by atoms with E-state index in [1.807, 2.05) is 0 Å². The van der Waals surface area contributed by atoms with Crippen LogP contribution in [-0.4, -0.2) is 61.8 Å². The highest BCUT2D eigenvalue weighted by atomic mass is 16.5. The van der Waals surface area contributed by atoms with Crippen LogP contribution >= 0.6 is 0 Å². The van der Waals surface area contributed by atoms with Crippen molar-refractivity contribution < 1.29 is 4.74 Å². The van der Waals surface area contributed by atoms with Gasteiger partial charge in [0.25, 0.3) is 0 Å². The first kappa shape index (κ1) is 12.0. The zero-order valence-electron chi connectivity index (χ0n) is 9.99. The third-order valence-corrected chi connectivity index (χ3v) is 3.10. The van der Waals surface area contributed by atoms with Crippen LogP contribution in [0.15, 0.2) is 0 Å². The Labute approximate surface area is 88.0 Å². The van der Waals surface area contributed by atoms with Gasteiger partial charge in [-0.05, 0) is 27.8 Å². The Morgan fingerprint density at radius 3 is 2.29 bits per heavy atom. The van der Waals surface area contributed by atoms with E-state index in [0.717, 1.165) is 32.8 Å². The molecule has 1 unspecified atom stereocenters. The summed E-state index contributed by atoms with van der Waals surface area (Å²) in [6, 6.07) is 1.28. The Hall–Kier alpha value is -0.120. The van der Waals surface area contributed by atoms with Crippen LogP contribution in [0.1, 0.15) is 20.8 Å². The van der Waals surface area contributed by atoms with Gasteiger partial charge in [0.2, 0.25) is 0 Å². The molecule has 0 aromatic heterocycles. The Morgan fingerprint density at radius 1 is 1.21 bits per heavy atom. The molecule has 1 fully saturated rings. The summed E-state index contributed by atoms with van der Waals surface area (Å²) in [6.45, 7) is 11.9. The molecule has 0 spiro atoms. The number of nitrogens with zero attached hydrogens (tertiary/aromatic N) is 2. The van der Waals surface area contributed by atoms with Gasteiger partial charge in [0.05, 0.1) is 13.2 Å². The van der Waals surface area contributed by atoms with Gasteiger partial charge in [0, 0.05) is 31.7 Å². The van der Waals surface area contributed by atoms with Crippen LogP contribution in [0.2, 0.25) is 0 Å². The normalized spacial score (nSPS) is 21.9. The summed E-state index contributed by atoms with van der Waals surface area (Å²) >= 11 is 0. The Morgan fingerprint density at radius 2 is 1.79 bits per heavy atom. The molecule has 1 heterocycles. The van der Waals surface area contributed by atoms with Crippen LogP contribution in [0, 0.1) is 0 Å². The summed E-state index contributed by atoms with van der Waals surface area (Å²) in [5, 5.41) is 0. The molecule has 1 aliphatic rings. The van der Waals surface area contributed by atoms with Gasteiger partial charge in [-0.3, -0.25) is 4.90 Å². The average Bonchev–Trinajstić information content (AvgIpc) is 2.19. The molecule has 0 amide bonds. The standard InChI is InChI=1S/C11H24N2O/c1-10(2)12(4)9-11(3)13-5-7-14-8-6-13/h10-11H,5-9H2,1-4H3. The van der Waals surface area contributed by atoms with Gasteiger partial charge < -0.3 is 9.64 Å².